The lowest BCUT2D eigenvalue weighted by atomic mass is 10.0. The van der Waals surface area contributed by atoms with Gasteiger partial charge in [-0.2, -0.15) is 0 Å². The lowest BCUT2D eigenvalue weighted by Crippen LogP contribution is -2.24. The van der Waals surface area contributed by atoms with Crippen LogP contribution in [0.25, 0.3) is 0 Å². The van der Waals surface area contributed by atoms with Crippen LogP contribution in [0.4, 0.5) is 5.69 Å². The number of hydrogen-bond donors (Lipinski definition) is 0. The SMILES string of the molecule is CCc1ccc(C(=O)C(C)Oc2ccc([N+](=O)[O-])cc2Cl)cc1. The highest BCUT2D eigenvalue weighted by molar-refractivity contribution is 6.32. The number of aryl methyl sites for hydroxylation is 1. The van der Waals surface area contributed by atoms with Gasteiger partial charge in [0.25, 0.3) is 5.69 Å². The highest BCUT2D eigenvalue weighted by Gasteiger charge is 2.19. The van der Waals surface area contributed by atoms with Gasteiger partial charge in [-0.25, -0.2) is 0 Å². The second-order valence-corrected chi connectivity index (χ2v) is 5.45. The number of non-ortho nitro benzene ring substituents is 1. The van der Waals surface area contributed by atoms with E-state index in [0.717, 1.165) is 12.0 Å². The molecule has 0 aliphatic carbocycles. The number of Topliss-reactive ketones (excluding diaryl/α,β-unsaturated/α-hetero) is 1. The quantitative estimate of drug-likeness (QED) is 0.444. The monoisotopic (exact) mass is 333 g/mol. The van der Waals surface area contributed by atoms with Crippen molar-refractivity contribution in [3.05, 3.63) is 68.7 Å². The van der Waals surface area contributed by atoms with Crippen molar-refractivity contribution in [1.82, 2.24) is 0 Å². The van der Waals surface area contributed by atoms with Crippen molar-refractivity contribution in [2.45, 2.75) is 26.4 Å². The fraction of sp³-hybridized carbons (Fsp3) is 0.235. The summed E-state index contributed by atoms with van der Waals surface area (Å²) in [6.07, 6.45) is 0.153. The molecule has 1 unspecified atom stereocenters. The number of carbonyl (C=O) groups is 1. The summed E-state index contributed by atoms with van der Waals surface area (Å²) in [6, 6.07) is 11.2. The molecule has 120 valence electrons. The number of halogens is 1. The van der Waals surface area contributed by atoms with E-state index in [-0.39, 0.29) is 22.2 Å². The number of carbonyl (C=O) groups excluding carboxylic acids is 1. The summed E-state index contributed by atoms with van der Waals surface area (Å²) >= 11 is 5.97. The normalized spacial score (nSPS) is 11.8. The van der Waals surface area contributed by atoms with Crippen molar-refractivity contribution in [2.24, 2.45) is 0 Å². The van der Waals surface area contributed by atoms with E-state index in [2.05, 4.69) is 0 Å². The molecule has 0 fully saturated rings. The zero-order valence-corrected chi connectivity index (χ0v) is 13.5. The molecule has 6 heteroatoms. The molecule has 2 rings (SSSR count). The molecule has 0 bridgehead atoms. The fourth-order valence-corrected chi connectivity index (χ4v) is 2.30. The molecule has 0 N–H and O–H groups in total. The molecule has 2 aromatic rings. The van der Waals surface area contributed by atoms with Gasteiger partial charge in [-0.15, -0.1) is 0 Å². The van der Waals surface area contributed by atoms with Gasteiger partial charge < -0.3 is 4.74 Å². The Hall–Kier alpha value is -2.40. The molecule has 0 amide bonds. The van der Waals surface area contributed by atoms with Crippen LogP contribution in [0.3, 0.4) is 0 Å². The second kappa shape index (κ2) is 7.24. The Balaban J connectivity index is 2.12. The van der Waals surface area contributed by atoms with Crippen LogP contribution in [0.5, 0.6) is 5.75 Å². The number of benzene rings is 2. The van der Waals surface area contributed by atoms with Gasteiger partial charge in [-0.1, -0.05) is 42.8 Å². The fourth-order valence-electron chi connectivity index (χ4n) is 2.08. The van der Waals surface area contributed by atoms with E-state index in [0.29, 0.717) is 5.56 Å². The number of hydrogen-bond acceptors (Lipinski definition) is 4. The lowest BCUT2D eigenvalue weighted by Gasteiger charge is -2.15. The third-order valence-corrected chi connectivity index (χ3v) is 3.74. The van der Waals surface area contributed by atoms with E-state index in [1.54, 1.807) is 19.1 Å². The third kappa shape index (κ3) is 4.07. The zero-order chi connectivity index (χ0) is 17.0. The Morgan fingerprint density at radius 3 is 2.43 bits per heavy atom. The molecule has 0 aromatic heterocycles. The van der Waals surface area contributed by atoms with Gasteiger partial charge in [0.1, 0.15) is 5.75 Å². The predicted molar refractivity (Wildman–Crippen MR) is 88.3 cm³/mol. The number of rotatable bonds is 6. The number of ketones is 1. The predicted octanol–water partition coefficient (Wildman–Crippen LogP) is 4.46. The van der Waals surface area contributed by atoms with Crippen molar-refractivity contribution in [2.75, 3.05) is 0 Å². The van der Waals surface area contributed by atoms with Crippen molar-refractivity contribution in [1.29, 1.82) is 0 Å². The Kier molecular flexibility index (Phi) is 5.34. The molecule has 2 aromatic carbocycles. The van der Waals surface area contributed by atoms with E-state index < -0.39 is 11.0 Å². The number of nitro benzene ring substituents is 1. The summed E-state index contributed by atoms with van der Waals surface area (Å²) in [5, 5.41) is 10.8. The van der Waals surface area contributed by atoms with Gasteiger partial charge in [0.15, 0.2) is 6.10 Å². The summed E-state index contributed by atoms with van der Waals surface area (Å²) in [5.41, 5.74) is 1.57. The molecule has 1 atom stereocenters. The van der Waals surface area contributed by atoms with Gasteiger partial charge in [0, 0.05) is 17.7 Å². The first-order chi connectivity index (χ1) is 10.9. The molecular formula is C17H16ClNO4. The van der Waals surface area contributed by atoms with Crippen LogP contribution < -0.4 is 4.74 Å². The molecule has 0 spiro atoms. The number of nitrogens with zero attached hydrogens (tertiary/aromatic N) is 1. The second-order valence-electron chi connectivity index (χ2n) is 5.05. The van der Waals surface area contributed by atoms with Crippen LogP contribution in [-0.4, -0.2) is 16.8 Å². The zero-order valence-electron chi connectivity index (χ0n) is 12.8. The smallest absolute Gasteiger partial charge is 0.271 e. The minimum absolute atomic E-state index is 0.0974. The average molecular weight is 334 g/mol. The van der Waals surface area contributed by atoms with E-state index >= 15 is 0 Å². The van der Waals surface area contributed by atoms with Crippen molar-refractivity contribution >= 4 is 23.1 Å². The largest absolute Gasteiger partial charge is 0.481 e. The van der Waals surface area contributed by atoms with Crippen molar-refractivity contribution < 1.29 is 14.5 Å². The molecule has 5 nitrogen and oxygen atoms in total. The third-order valence-electron chi connectivity index (χ3n) is 3.45. The van der Waals surface area contributed by atoms with Crippen LogP contribution in [0, 0.1) is 10.1 Å². The van der Waals surface area contributed by atoms with E-state index in [1.807, 2.05) is 19.1 Å². The summed E-state index contributed by atoms with van der Waals surface area (Å²) in [5.74, 6) is 0.0605. The average Bonchev–Trinajstić information content (AvgIpc) is 2.55. The molecular weight excluding hydrogens is 318 g/mol. The minimum Gasteiger partial charge on any atom is -0.481 e. The van der Waals surface area contributed by atoms with E-state index in [4.69, 9.17) is 16.3 Å². The Labute approximate surface area is 139 Å². The van der Waals surface area contributed by atoms with Gasteiger partial charge in [-0.3, -0.25) is 14.9 Å². The maximum atomic E-state index is 12.4. The molecule has 0 heterocycles. The Morgan fingerprint density at radius 1 is 1.26 bits per heavy atom. The number of nitro groups is 1. The minimum atomic E-state index is -0.749. The first-order valence-electron chi connectivity index (χ1n) is 7.16. The Bertz CT molecular complexity index is 728. The summed E-state index contributed by atoms with van der Waals surface area (Å²) in [6.45, 7) is 3.66. The van der Waals surface area contributed by atoms with Crippen LogP contribution in [0.1, 0.15) is 29.8 Å². The molecule has 0 saturated heterocycles. The standard InChI is InChI=1S/C17H16ClNO4/c1-3-12-4-6-13(7-5-12)17(20)11(2)23-16-9-8-14(19(21)22)10-15(16)18/h4-11H,3H2,1-2H3. The van der Waals surface area contributed by atoms with E-state index in [9.17, 15) is 14.9 Å². The topological polar surface area (TPSA) is 69.4 Å². The maximum Gasteiger partial charge on any atom is 0.271 e. The van der Waals surface area contributed by atoms with Gasteiger partial charge in [-0.05, 0) is 25.0 Å². The highest BCUT2D eigenvalue weighted by Crippen LogP contribution is 2.29. The van der Waals surface area contributed by atoms with Crippen LogP contribution >= 0.6 is 11.6 Å². The molecule has 0 aliphatic heterocycles. The summed E-state index contributed by atoms with van der Waals surface area (Å²) < 4.78 is 5.55. The van der Waals surface area contributed by atoms with Crippen LogP contribution in [0.15, 0.2) is 42.5 Å². The molecule has 0 radical (unpaired) electrons. The molecule has 23 heavy (non-hydrogen) atoms. The van der Waals surface area contributed by atoms with Crippen molar-refractivity contribution in [3.63, 3.8) is 0 Å². The van der Waals surface area contributed by atoms with Gasteiger partial charge in [0.2, 0.25) is 5.78 Å². The van der Waals surface area contributed by atoms with Crippen LogP contribution in [0.2, 0.25) is 5.02 Å². The van der Waals surface area contributed by atoms with Gasteiger partial charge in [0.05, 0.1) is 9.95 Å². The first-order valence-corrected chi connectivity index (χ1v) is 7.54. The van der Waals surface area contributed by atoms with Crippen molar-refractivity contribution in [3.8, 4) is 5.75 Å². The highest BCUT2D eigenvalue weighted by atomic mass is 35.5. The van der Waals surface area contributed by atoms with E-state index in [1.165, 1.54) is 18.2 Å². The molecule has 0 saturated carbocycles. The summed E-state index contributed by atoms with van der Waals surface area (Å²) in [7, 11) is 0. The Morgan fingerprint density at radius 2 is 1.91 bits per heavy atom. The first kappa shape index (κ1) is 17.0. The summed E-state index contributed by atoms with van der Waals surface area (Å²) in [4.78, 5) is 22.5. The molecule has 0 aliphatic rings. The van der Waals surface area contributed by atoms with Gasteiger partial charge >= 0.3 is 0 Å². The maximum absolute atomic E-state index is 12.4. The van der Waals surface area contributed by atoms with Crippen LogP contribution in [-0.2, 0) is 6.42 Å². The lowest BCUT2D eigenvalue weighted by molar-refractivity contribution is -0.384. The number of ether oxygens (including phenoxy) is 1.